The Morgan fingerprint density at radius 1 is 1.33 bits per heavy atom. The number of hydrogen-bond donors (Lipinski definition) is 1. The van der Waals surface area contributed by atoms with Crippen LogP contribution in [0.4, 0.5) is 10.5 Å². The Labute approximate surface area is 137 Å². The summed E-state index contributed by atoms with van der Waals surface area (Å²) in [4.78, 5) is 29.2. The molecule has 0 atom stereocenters. The van der Waals surface area contributed by atoms with E-state index in [0.29, 0.717) is 29.8 Å². The van der Waals surface area contributed by atoms with Crippen molar-refractivity contribution < 1.29 is 18.8 Å². The zero-order chi connectivity index (χ0) is 16.7. The number of methoxy groups -OCH3 is 1. The van der Waals surface area contributed by atoms with Crippen molar-refractivity contribution in [3.8, 4) is 17.2 Å². The van der Waals surface area contributed by atoms with E-state index in [1.165, 1.54) is 12.0 Å². The number of nitrogens with one attached hydrogen (secondary N) is 1. The van der Waals surface area contributed by atoms with Crippen LogP contribution in [0.3, 0.4) is 0 Å². The van der Waals surface area contributed by atoms with Gasteiger partial charge in [0.05, 0.1) is 12.8 Å². The molecule has 0 radical (unpaired) electrons. The van der Waals surface area contributed by atoms with Crippen molar-refractivity contribution in [2.45, 2.75) is 25.2 Å². The maximum Gasteiger partial charge on any atom is 0.328 e. The van der Waals surface area contributed by atoms with Gasteiger partial charge in [0.15, 0.2) is 5.82 Å². The lowest BCUT2D eigenvalue weighted by Crippen LogP contribution is -2.49. The topological polar surface area (TPSA) is 97.6 Å². The maximum atomic E-state index is 12.0. The Morgan fingerprint density at radius 2 is 2.17 bits per heavy atom. The zero-order valence-corrected chi connectivity index (χ0v) is 13.1. The predicted molar refractivity (Wildman–Crippen MR) is 83.8 cm³/mol. The highest BCUT2D eigenvalue weighted by Gasteiger charge is 2.30. The minimum atomic E-state index is -0.453. The molecule has 2 heterocycles. The van der Waals surface area contributed by atoms with Crippen molar-refractivity contribution in [1.29, 1.82) is 0 Å². The molecular formula is C16H16N4O4. The van der Waals surface area contributed by atoms with Crippen LogP contribution in [0.2, 0.25) is 0 Å². The van der Waals surface area contributed by atoms with Gasteiger partial charge in [-0.1, -0.05) is 5.16 Å². The molecule has 1 aromatic heterocycles. The molecule has 0 bridgehead atoms. The van der Waals surface area contributed by atoms with E-state index in [-0.39, 0.29) is 12.3 Å². The van der Waals surface area contributed by atoms with E-state index < -0.39 is 6.03 Å². The fourth-order valence-electron chi connectivity index (χ4n) is 2.69. The van der Waals surface area contributed by atoms with Crippen LogP contribution in [0.1, 0.15) is 31.0 Å². The largest absolute Gasteiger partial charge is 0.495 e. The van der Waals surface area contributed by atoms with Crippen molar-refractivity contribution >= 4 is 17.6 Å². The van der Waals surface area contributed by atoms with Gasteiger partial charge in [0.2, 0.25) is 5.91 Å². The summed E-state index contributed by atoms with van der Waals surface area (Å²) in [6.45, 7) is 0.312. The number of ether oxygens (including phenoxy) is 1. The van der Waals surface area contributed by atoms with Crippen LogP contribution < -0.4 is 15.0 Å². The lowest BCUT2D eigenvalue weighted by Gasteiger charge is -2.27. The van der Waals surface area contributed by atoms with E-state index in [4.69, 9.17) is 9.26 Å². The summed E-state index contributed by atoms with van der Waals surface area (Å²) in [5.41, 5.74) is 1.32. The number of anilines is 1. The van der Waals surface area contributed by atoms with Gasteiger partial charge in [0.1, 0.15) is 5.75 Å². The smallest absolute Gasteiger partial charge is 0.328 e. The second-order valence-electron chi connectivity index (χ2n) is 5.87. The van der Waals surface area contributed by atoms with Gasteiger partial charge in [-0.3, -0.25) is 15.0 Å². The molecular weight excluding hydrogens is 312 g/mol. The molecule has 1 N–H and O–H groups in total. The quantitative estimate of drug-likeness (QED) is 0.922. The number of benzene rings is 1. The van der Waals surface area contributed by atoms with Crippen LogP contribution in [-0.2, 0) is 4.79 Å². The molecule has 2 aliphatic rings. The van der Waals surface area contributed by atoms with Gasteiger partial charge in [-0.25, -0.2) is 4.79 Å². The number of carbonyl (C=O) groups excluding carboxylic acids is 2. The number of rotatable bonds is 4. The highest BCUT2D eigenvalue weighted by atomic mass is 16.5. The van der Waals surface area contributed by atoms with Gasteiger partial charge >= 0.3 is 6.03 Å². The van der Waals surface area contributed by atoms with Crippen molar-refractivity contribution in [3.63, 3.8) is 0 Å². The SMILES string of the molecule is COc1cc(-c2nc(C3CC3)no2)ccc1N1CCC(=O)NC1=O. The Bertz CT molecular complexity index is 812. The molecule has 0 spiro atoms. The highest BCUT2D eigenvalue weighted by molar-refractivity contribution is 6.06. The van der Waals surface area contributed by atoms with E-state index >= 15 is 0 Å². The average molecular weight is 328 g/mol. The Kier molecular flexibility index (Phi) is 3.44. The third kappa shape index (κ3) is 2.60. The molecule has 124 valence electrons. The van der Waals surface area contributed by atoms with Crippen LogP contribution in [-0.4, -0.2) is 35.7 Å². The van der Waals surface area contributed by atoms with Crippen LogP contribution >= 0.6 is 0 Å². The van der Waals surface area contributed by atoms with Gasteiger partial charge in [0.25, 0.3) is 5.89 Å². The molecule has 1 saturated heterocycles. The first-order valence-electron chi connectivity index (χ1n) is 7.79. The molecule has 8 heteroatoms. The van der Waals surface area contributed by atoms with Crippen molar-refractivity contribution in [2.24, 2.45) is 0 Å². The van der Waals surface area contributed by atoms with E-state index in [2.05, 4.69) is 15.5 Å². The molecule has 2 fully saturated rings. The minimum Gasteiger partial charge on any atom is -0.495 e. The number of imide groups is 1. The van der Waals surface area contributed by atoms with Crippen LogP contribution in [0.5, 0.6) is 5.75 Å². The van der Waals surface area contributed by atoms with Gasteiger partial charge < -0.3 is 9.26 Å². The van der Waals surface area contributed by atoms with E-state index in [1.54, 1.807) is 18.2 Å². The second kappa shape index (κ2) is 5.63. The van der Waals surface area contributed by atoms with Crippen LogP contribution in [0.25, 0.3) is 11.5 Å². The maximum absolute atomic E-state index is 12.0. The number of hydrogen-bond acceptors (Lipinski definition) is 6. The van der Waals surface area contributed by atoms with Crippen molar-refractivity contribution in [2.75, 3.05) is 18.6 Å². The summed E-state index contributed by atoms with van der Waals surface area (Å²) in [7, 11) is 1.53. The third-order valence-electron chi connectivity index (χ3n) is 4.16. The van der Waals surface area contributed by atoms with Crippen LogP contribution in [0.15, 0.2) is 22.7 Å². The average Bonchev–Trinajstić information content (AvgIpc) is 3.32. The Balaban J connectivity index is 1.64. The van der Waals surface area contributed by atoms with Crippen molar-refractivity contribution in [3.05, 3.63) is 24.0 Å². The van der Waals surface area contributed by atoms with E-state index in [0.717, 1.165) is 24.2 Å². The highest BCUT2D eigenvalue weighted by Crippen LogP contribution is 2.39. The molecule has 1 saturated carbocycles. The van der Waals surface area contributed by atoms with Crippen LogP contribution in [0, 0.1) is 0 Å². The first-order chi connectivity index (χ1) is 11.7. The van der Waals surface area contributed by atoms with Crippen molar-refractivity contribution in [1.82, 2.24) is 15.5 Å². The number of nitrogens with zero attached hydrogens (tertiary/aromatic N) is 3. The van der Waals surface area contributed by atoms with E-state index in [9.17, 15) is 9.59 Å². The monoisotopic (exact) mass is 328 g/mol. The number of urea groups is 1. The van der Waals surface area contributed by atoms with Gasteiger partial charge in [-0.2, -0.15) is 4.98 Å². The fourth-order valence-corrected chi connectivity index (χ4v) is 2.69. The molecule has 4 rings (SSSR count). The first-order valence-corrected chi connectivity index (χ1v) is 7.79. The zero-order valence-electron chi connectivity index (χ0n) is 13.1. The molecule has 24 heavy (non-hydrogen) atoms. The minimum absolute atomic E-state index is 0.255. The molecule has 1 aromatic carbocycles. The molecule has 2 aromatic rings. The molecule has 1 aliphatic heterocycles. The molecule has 0 unspecified atom stereocenters. The fraction of sp³-hybridized carbons (Fsp3) is 0.375. The van der Waals surface area contributed by atoms with Gasteiger partial charge in [-0.05, 0) is 31.0 Å². The summed E-state index contributed by atoms with van der Waals surface area (Å²) < 4.78 is 10.7. The lowest BCUT2D eigenvalue weighted by atomic mass is 10.1. The van der Waals surface area contributed by atoms with Gasteiger partial charge in [-0.15, -0.1) is 0 Å². The number of amides is 3. The van der Waals surface area contributed by atoms with E-state index in [1.807, 2.05) is 0 Å². The second-order valence-corrected chi connectivity index (χ2v) is 5.87. The predicted octanol–water partition coefficient (Wildman–Crippen LogP) is 2.07. The number of aromatic nitrogens is 2. The Hall–Kier alpha value is -2.90. The first kappa shape index (κ1) is 14.7. The summed E-state index contributed by atoms with van der Waals surface area (Å²) in [6.07, 6.45) is 2.46. The summed E-state index contributed by atoms with van der Waals surface area (Å²) in [5, 5.41) is 6.30. The molecule has 1 aliphatic carbocycles. The summed E-state index contributed by atoms with van der Waals surface area (Å²) in [6, 6.07) is 4.85. The molecule has 8 nitrogen and oxygen atoms in total. The molecule has 3 amide bonds. The number of carbonyl (C=O) groups is 2. The lowest BCUT2D eigenvalue weighted by molar-refractivity contribution is -0.120. The summed E-state index contributed by atoms with van der Waals surface area (Å²) in [5.74, 6) is 1.81. The normalized spacial score (nSPS) is 17.8. The Morgan fingerprint density at radius 3 is 2.88 bits per heavy atom. The van der Waals surface area contributed by atoms with Gasteiger partial charge in [0, 0.05) is 24.4 Å². The third-order valence-corrected chi connectivity index (χ3v) is 4.16. The summed E-state index contributed by atoms with van der Waals surface area (Å²) >= 11 is 0. The standard InChI is InChI=1S/C16H16N4O4/c1-23-12-8-10(15-18-14(19-24-15)9-2-3-9)4-5-11(12)20-7-6-13(21)17-16(20)22/h4-5,8-9H,2-3,6-7H2,1H3,(H,17,21,22).